The van der Waals surface area contributed by atoms with Crippen molar-refractivity contribution >= 4 is 21.8 Å². The van der Waals surface area contributed by atoms with Gasteiger partial charge in [0.1, 0.15) is 0 Å². The smallest absolute Gasteiger partial charge is 0.224 e. The van der Waals surface area contributed by atoms with Crippen molar-refractivity contribution in [2.75, 3.05) is 5.33 Å². The van der Waals surface area contributed by atoms with E-state index in [2.05, 4.69) is 21.2 Å². The number of amides is 1. The first-order valence-corrected chi connectivity index (χ1v) is 9.69. The lowest BCUT2D eigenvalue weighted by molar-refractivity contribution is -0.139. The fourth-order valence-electron chi connectivity index (χ4n) is 6.04. The molecule has 4 bridgehead atoms. The fraction of sp³-hybridized carbons (Fsp3) is 0.941. The molecule has 112 valence electrons. The second kappa shape index (κ2) is 5.00. The highest BCUT2D eigenvalue weighted by Gasteiger charge is 2.51. The second-order valence-electron chi connectivity index (χ2n) is 8.07. The van der Waals surface area contributed by atoms with E-state index >= 15 is 0 Å². The van der Waals surface area contributed by atoms with E-state index in [4.69, 9.17) is 0 Å². The Balaban J connectivity index is 1.48. The van der Waals surface area contributed by atoms with Crippen LogP contribution < -0.4 is 5.32 Å². The maximum Gasteiger partial charge on any atom is 0.224 e. The molecule has 0 aromatic rings. The number of alkyl halides is 1. The lowest BCUT2D eigenvalue weighted by Gasteiger charge is -2.54. The summed E-state index contributed by atoms with van der Waals surface area (Å²) in [6.07, 6.45) is 11.7. The Morgan fingerprint density at radius 3 is 2.05 bits per heavy atom. The van der Waals surface area contributed by atoms with Crippen LogP contribution in [0.3, 0.4) is 0 Å². The standard InChI is InChI=1S/C17H26BrNO/c18-10-17(3-1-2-4-17)19-16(20)15-13-6-11-5-12(8-13)9-14(15)7-11/h11-15H,1-10H2,(H,19,20). The summed E-state index contributed by atoms with van der Waals surface area (Å²) in [7, 11) is 0. The highest BCUT2D eigenvalue weighted by atomic mass is 79.9. The third-order valence-electron chi connectivity index (χ3n) is 6.73. The molecule has 0 unspecified atom stereocenters. The third-order valence-corrected chi connectivity index (χ3v) is 7.81. The van der Waals surface area contributed by atoms with Gasteiger partial charge in [0.15, 0.2) is 0 Å². The molecule has 5 fully saturated rings. The largest absolute Gasteiger partial charge is 0.350 e. The zero-order chi connectivity index (χ0) is 13.7. The van der Waals surface area contributed by atoms with Crippen LogP contribution in [-0.4, -0.2) is 16.8 Å². The van der Waals surface area contributed by atoms with Gasteiger partial charge in [-0.1, -0.05) is 28.8 Å². The predicted octanol–water partition coefficient (Wildman–Crippen LogP) is 3.88. The average molecular weight is 340 g/mol. The van der Waals surface area contributed by atoms with Gasteiger partial charge in [-0.3, -0.25) is 4.79 Å². The quantitative estimate of drug-likeness (QED) is 0.776. The Labute approximate surface area is 130 Å². The Bertz CT molecular complexity index is 374. The number of halogens is 1. The van der Waals surface area contributed by atoms with Gasteiger partial charge in [0.2, 0.25) is 5.91 Å². The zero-order valence-electron chi connectivity index (χ0n) is 12.2. The first kappa shape index (κ1) is 13.6. The summed E-state index contributed by atoms with van der Waals surface area (Å²) in [5.41, 5.74) is 0.0751. The summed E-state index contributed by atoms with van der Waals surface area (Å²) in [4.78, 5) is 12.9. The van der Waals surface area contributed by atoms with Crippen LogP contribution in [0.5, 0.6) is 0 Å². The Hall–Kier alpha value is -0.0500. The van der Waals surface area contributed by atoms with E-state index in [1.54, 1.807) is 0 Å². The molecular formula is C17H26BrNO. The van der Waals surface area contributed by atoms with Crippen LogP contribution in [0, 0.1) is 29.6 Å². The van der Waals surface area contributed by atoms with Crippen LogP contribution in [0.1, 0.15) is 57.8 Å². The van der Waals surface area contributed by atoms with Crippen molar-refractivity contribution in [3.05, 3.63) is 0 Å². The molecule has 5 aliphatic carbocycles. The summed E-state index contributed by atoms with van der Waals surface area (Å²) in [5, 5.41) is 4.41. The van der Waals surface area contributed by atoms with Gasteiger partial charge >= 0.3 is 0 Å². The van der Waals surface area contributed by atoms with Crippen LogP contribution in [0.4, 0.5) is 0 Å². The van der Waals surface area contributed by atoms with Gasteiger partial charge in [0.25, 0.3) is 0 Å². The molecule has 0 radical (unpaired) electrons. The van der Waals surface area contributed by atoms with Gasteiger partial charge in [0.05, 0.1) is 0 Å². The predicted molar refractivity (Wildman–Crippen MR) is 83.7 cm³/mol. The van der Waals surface area contributed by atoms with Crippen molar-refractivity contribution in [2.45, 2.75) is 63.3 Å². The fourth-order valence-corrected chi connectivity index (χ4v) is 6.74. The van der Waals surface area contributed by atoms with Gasteiger partial charge in [-0.05, 0) is 68.6 Å². The Morgan fingerprint density at radius 2 is 1.55 bits per heavy atom. The number of carbonyl (C=O) groups is 1. The lowest BCUT2D eigenvalue weighted by Crippen LogP contribution is -2.56. The Morgan fingerprint density at radius 1 is 1.00 bits per heavy atom. The normalized spacial score (nSPS) is 44.8. The SMILES string of the molecule is O=C(NC1(CBr)CCCC1)C1C2CC3CC(C2)CC1C3. The molecule has 0 spiro atoms. The maximum atomic E-state index is 12.9. The van der Waals surface area contributed by atoms with E-state index < -0.39 is 0 Å². The Kier molecular flexibility index (Phi) is 3.40. The molecule has 5 aliphatic rings. The molecule has 5 saturated carbocycles. The summed E-state index contributed by atoms with van der Waals surface area (Å²) < 4.78 is 0. The highest BCUT2D eigenvalue weighted by molar-refractivity contribution is 9.09. The molecule has 0 aromatic carbocycles. The highest BCUT2D eigenvalue weighted by Crippen LogP contribution is 2.56. The summed E-state index contributed by atoms with van der Waals surface area (Å²) in [6.45, 7) is 0. The lowest BCUT2D eigenvalue weighted by atomic mass is 9.51. The zero-order valence-corrected chi connectivity index (χ0v) is 13.8. The topological polar surface area (TPSA) is 29.1 Å². The first-order chi connectivity index (χ1) is 9.69. The van der Waals surface area contributed by atoms with Crippen molar-refractivity contribution in [3.63, 3.8) is 0 Å². The van der Waals surface area contributed by atoms with Gasteiger partial charge < -0.3 is 5.32 Å². The molecule has 1 amide bonds. The van der Waals surface area contributed by atoms with E-state index in [-0.39, 0.29) is 5.54 Å². The third kappa shape index (κ3) is 2.15. The van der Waals surface area contributed by atoms with Crippen molar-refractivity contribution in [1.82, 2.24) is 5.32 Å². The number of hydrogen-bond acceptors (Lipinski definition) is 1. The van der Waals surface area contributed by atoms with Crippen molar-refractivity contribution in [2.24, 2.45) is 29.6 Å². The number of rotatable bonds is 3. The van der Waals surface area contributed by atoms with Crippen molar-refractivity contribution in [3.8, 4) is 0 Å². The monoisotopic (exact) mass is 339 g/mol. The number of carbonyl (C=O) groups excluding carboxylic acids is 1. The van der Waals surface area contributed by atoms with Crippen LogP contribution in [0.2, 0.25) is 0 Å². The molecule has 1 N–H and O–H groups in total. The number of nitrogens with one attached hydrogen (secondary N) is 1. The van der Waals surface area contributed by atoms with E-state index in [1.807, 2.05) is 0 Å². The summed E-state index contributed by atoms with van der Waals surface area (Å²) in [6, 6.07) is 0. The van der Waals surface area contributed by atoms with E-state index in [0.29, 0.717) is 23.7 Å². The number of hydrogen-bond donors (Lipinski definition) is 1. The van der Waals surface area contributed by atoms with Gasteiger partial charge in [-0.25, -0.2) is 0 Å². The molecule has 0 saturated heterocycles. The average Bonchev–Trinajstić information content (AvgIpc) is 2.86. The van der Waals surface area contributed by atoms with E-state index in [1.165, 1.54) is 44.9 Å². The molecule has 0 aliphatic heterocycles. The minimum atomic E-state index is 0.0751. The second-order valence-corrected chi connectivity index (χ2v) is 8.63. The molecule has 20 heavy (non-hydrogen) atoms. The summed E-state index contributed by atoms with van der Waals surface area (Å²) in [5.74, 6) is 4.08. The van der Waals surface area contributed by atoms with Crippen molar-refractivity contribution < 1.29 is 4.79 Å². The van der Waals surface area contributed by atoms with Gasteiger partial charge in [0, 0.05) is 16.8 Å². The minimum Gasteiger partial charge on any atom is -0.350 e. The van der Waals surface area contributed by atoms with Crippen LogP contribution in [0.15, 0.2) is 0 Å². The van der Waals surface area contributed by atoms with Gasteiger partial charge in [-0.15, -0.1) is 0 Å². The molecule has 5 rings (SSSR count). The summed E-state index contributed by atoms with van der Waals surface area (Å²) >= 11 is 3.65. The van der Waals surface area contributed by atoms with Crippen molar-refractivity contribution in [1.29, 1.82) is 0 Å². The van der Waals surface area contributed by atoms with E-state index in [0.717, 1.165) is 30.0 Å². The molecule has 2 nitrogen and oxygen atoms in total. The molecule has 0 heterocycles. The van der Waals surface area contributed by atoms with E-state index in [9.17, 15) is 4.79 Å². The van der Waals surface area contributed by atoms with Crippen LogP contribution >= 0.6 is 15.9 Å². The van der Waals surface area contributed by atoms with Crippen LogP contribution in [-0.2, 0) is 4.79 Å². The first-order valence-electron chi connectivity index (χ1n) is 8.57. The molecule has 3 heteroatoms. The maximum absolute atomic E-state index is 12.9. The minimum absolute atomic E-state index is 0.0751. The molecule has 0 atom stereocenters. The van der Waals surface area contributed by atoms with Crippen LogP contribution in [0.25, 0.3) is 0 Å². The van der Waals surface area contributed by atoms with Gasteiger partial charge in [-0.2, -0.15) is 0 Å². The molecule has 0 aromatic heterocycles. The molecular weight excluding hydrogens is 314 g/mol.